The molecular formula is C12H14O2. The summed E-state index contributed by atoms with van der Waals surface area (Å²) >= 11 is 0. The molecule has 0 unspecified atom stereocenters. The fraction of sp³-hybridized carbons (Fsp3) is 0.167. The second-order valence-electron chi connectivity index (χ2n) is 2.74. The third kappa shape index (κ3) is 3.46. The van der Waals surface area contributed by atoms with E-state index in [-0.39, 0.29) is 6.61 Å². The van der Waals surface area contributed by atoms with Gasteiger partial charge >= 0.3 is 0 Å². The molecule has 0 aliphatic heterocycles. The van der Waals surface area contributed by atoms with Gasteiger partial charge in [-0.2, -0.15) is 0 Å². The predicted molar refractivity (Wildman–Crippen MR) is 58.3 cm³/mol. The summed E-state index contributed by atoms with van der Waals surface area (Å²) in [6, 6.07) is 7.77. The summed E-state index contributed by atoms with van der Waals surface area (Å²) in [5.74, 6) is 0.855. The Morgan fingerprint density at radius 1 is 1.21 bits per heavy atom. The number of benzene rings is 1. The molecule has 0 radical (unpaired) electrons. The smallest absolute Gasteiger partial charge is 0.118 e. The van der Waals surface area contributed by atoms with Gasteiger partial charge in [-0.25, -0.2) is 0 Å². The van der Waals surface area contributed by atoms with Crippen LogP contribution >= 0.6 is 0 Å². The maximum absolute atomic E-state index is 8.49. The molecule has 0 saturated carbocycles. The number of allylic oxidation sites excluding steroid dienone is 2. The molecule has 1 N–H and O–H groups in total. The van der Waals surface area contributed by atoms with E-state index in [1.54, 1.807) is 13.2 Å². The van der Waals surface area contributed by atoms with E-state index < -0.39 is 0 Å². The first-order chi connectivity index (χ1) is 6.86. The Morgan fingerprint density at radius 2 is 1.93 bits per heavy atom. The predicted octanol–water partition coefficient (Wildman–Crippen LogP) is 2.26. The van der Waals surface area contributed by atoms with Crippen LogP contribution in [-0.2, 0) is 0 Å². The first-order valence-electron chi connectivity index (χ1n) is 4.45. The van der Waals surface area contributed by atoms with Gasteiger partial charge in [0, 0.05) is 0 Å². The van der Waals surface area contributed by atoms with Crippen LogP contribution in [0.25, 0.3) is 6.08 Å². The summed E-state index contributed by atoms with van der Waals surface area (Å²) in [6.07, 6.45) is 7.34. The van der Waals surface area contributed by atoms with Gasteiger partial charge < -0.3 is 9.84 Å². The first-order valence-corrected chi connectivity index (χ1v) is 4.45. The molecule has 2 nitrogen and oxygen atoms in total. The van der Waals surface area contributed by atoms with Crippen molar-refractivity contribution in [3.63, 3.8) is 0 Å². The number of rotatable bonds is 4. The Kier molecular flexibility index (Phi) is 4.51. The lowest BCUT2D eigenvalue weighted by atomic mass is 10.2. The number of aliphatic hydroxyl groups is 1. The summed E-state index contributed by atoms with van der Waals surface area (Å²) < 4.78 is 5.04. The molecule has 74 valence electrons. The first kappa shape index (κ1) is 10.5. The van der Waals surface area contributed by atoms with Crippen molar-refractivity contribution in [3.05, 3.63) is 48.1 Å². The molecule has 0 heterocycles. The van der Waals surface area contributed by atoms with Crippen LogP contribution in [0.3, 0.4) is 0 Å². The van der Waals surface area contributed by atoms with Gasteiger partial charge in [-0.1, -0.05) is 36.4 Å². The van der Waals surface area contributed by atoms with Gasteiger partial charge in [0.05, 0.1) is 13.7 Å². The lowest BCUT2D eigenvalue weighted by Crippen LogP contribution is -1.81. The SMILES string of the molecule is COc1ccc(C=CC=CCO)cc1. The minimum Gasteiger partial charge on any atom is -0.497 e. The van der Waals surface area contributed by atoms with Crippen LogP contribution < -0.4 is 4.74 Å². The third-order valence-electron chi connectivity index (χ3n) is 1.76. The highest BCUT2D eigenvalue weighted by atomic mass is 16.5. The molecule has 0 aliphatic carbocycles. The zero-order chi connectivity index (χ0) is 10.2. The van der Waals surface area contributed by atoms with E-state index in [2.05, 4.69) is 0 Å². The molecule has 2 heteroatoms. The standard InChI is InChI=1S/C12H14O2/c1-14-12-8-6-11(7-9-12)5-3-2-4-10-13/h2-9,13H,10H2,1H3. The maximum Gasteiger partial charge on any atom is 0.118 e. The van der Waals surface area contributed by atoms with Gasteiger partial charge in [0.1, 0.15) is 5.75 Å². The number of methoxy groups -OCH3 is 1. The topological polar surface area (TPSA) is 29.5 Å². The number of hydrogen-bond acceptors (Lipinski definition) is 2. The van der Waals surface area contributed by atoms with Crippen LogP contribution in [0.1, 0.15) is 5.56 Å². The van der Waals surface area contributed by atoms with Gasteiger partial charge in [0.15, 0.2) is 0 Å². The molecule has 0 amide bonds. The van der Waals surface area contributed by atoms with Crippen LogP contribution in [0.2, 0.25) is 0 Å². The third-order valence-corrected chi connectivity index (χ3v) is 1.76. The van der Waals surface area contributed by atoms with E-state index in [9.17, 15) is 0 Å². The van der Waals surface area contributed by atoms with Gasteiger partial charge in [-0.15, -0.1) is 0 Å². The molecule has 0 atom stereocenters. The zero-order valence-corrected chi connectivity index (χ0v) is 8.18. The van der Waals surface area contributed by atoms with Crippen molar-refractivity contribution < 1.29 is 9.84 Å². The molecule has 1 aromatic carbocycles. The van der Waals surface area contributed by atoms with E-state index in [0.29, 0.717) is 0 Å². The average Bonchev–Trinajstić information content (AvgIpc) is 2.25. The monoisotopic (exact) mass is 190 g/mol. The summed E-state index contributed by atoms with van der Waals surface area (Å²) in [5.41, 5.74) is 1.10. The number of ether oxygens (including phenoxy) is 1. The maximum atomic E-state index is 8.49. The van der Waals surface area contributed by atoms with Crippen LogP contribution in [0.15, 0.2) is 42.5 Å². The van der Waals surface area contributed by atoms with E-state index in [1.807, 2.05) is 42.5 Å². The lowest BCUT2D eigenvalue weighted by Gasteiger charge is -1.98. The molecule has 14 heavy (non-hydrogen) atoms. The largest absolute Gasteiger partial charge is 0.497 e. The quantitative estimate of drug-likeness (QED) is 0.738. The zero-order valence-electron chi connectivity index (χ0n) is 8.18. The summed E-state index contributed by atoms with van der Waals surface area (Å²) in [6.45, 7) is 0.0763. The van der Waals surface area contributed by atoms with Gasteiger partial charge in [-0.3, -0.25) is 0 Å². The average molecular weight is 190 g/mol. The normalized spacial score (nSPS) is 11.3. The van der Waals surface area contributed by atoms with E-state index in [0.717, 1.165) is 11.3 Å². The molecule has 1 aromatic rings. The highest BCUT2D eigenvalue weighted by molar-refractivity contribution is 5.52. The van der Waals surface area contributed by atoms with Crippen molar-refractivity contribution in [3.8, 4) is 5.75 Å². The Balaban J connectivity index is 2.59. The van der Waals surface area contributed by atoms with Crippen LogP contribution in [0.5, 0.6) is 5.75 Å². The summed E-state index contributed by atoms with van der Waals surface area (Å²) in [5, 5.41) is 8.49. The second-order valence-corrected chi connectivity index (χ2v) is 2.74. The van der Waals surface area contributed by atoms with Crippen molar-refractivity contribution >= 4 is 6.08 Å². The highest BCUT2D eigenvalue weighted by Crippen LogP contribution is 2.12. The van der Waals surface area contributed by atoms with Crippen LogP contribution in [0, 0.1) is 0 Å². The van der Waals surface area contributed by atoms with Crippen LogP contribution in [-0.4, -0.2) is 18.8 Å². The van der Waals surface area contributed by atoms with E-state index in [4.69, 9.17) is 9.84 Å². The Morgan fingerprint density at radius 3 is 2.50 bits per heavy atom. The van der Waals surface area contributed by atoms with Gasteiger partial charge in [-0.05, 0) is 17.7 Å². The Hall–Kier alpha value is -1.54. The lowest BCUT2D eigenvalue weighted by molar-refractivity contribution is 0.343. The molecule has 0 spiro atoms. The fourth-order valence-corrected chi connectivity index (χ4v) is 1.02. The second kappa shape index (κ2) is 6.00. The number of hydrogen-bond donors (Lipinski definition) is 1. The molecule has 1 rings (SSSR count). The fourth-order valence-electron chi connectivity index (χ4n) is 1.02. The summed E-state index contributed by atoms with van der Waals surface area (Å²) in [4.78, 5) is 0. The molecule has 0 aliphatic rings. The minimum atomic E-state index is 0.0763. The van der Waals surface area contributed by atoms with E-state index in [1.165, 1.54) is 0 Å². The van der Waals surface area contributed by atoms with Crippen LogP contribution in [0.4, 0.5) is 0 Å². The summed E-state index contributed by atoms with van der Waals surface area (Å²) in [7, 11) is 1.65. The molecule has 0 bridgehead atoms. The van der Waals surface area contributed by atoms with E-state index >= 15 is 0 Å². The van der Waals surface area contributed by atoms with Crippen molar-refractivity contribution in [1.29, 1.82) is 0 Å². The van der Waals surface area contributed by atoms with Gasteiger partial charge in [0.25, 0.3) is 0 Å². The minimum absolute atomic E-state index is 0.0763. The van der Waals surface area contributed by atoms with Gasteiger partial charge in [0.2, 0.25) is 0 Å². The van der Waals surface area contributed by atoms with Crippen molar-refractivity contribution in [2.45, 2.75) is 0 Å². The highest BCUT2D eigenvalue weighted by Gasteiger charge is 1.88. The molecule has 0 saturated heterocycles. The van der Waals surface area contributed by atoms with Crippen molar-refractivity contribution in [1.82, 2.24) is 0 Å². The number of aliphatic hydroxyl groups excluding tert-OH is 1. The Bertz CT molecular complexity index is 310. The molecule has 0 aromatic heterocycles. The molecule has 0 fully saturated rings. The van der Waals surface area contributed by atoms with Crippen molar-refractivity contribution in [2.75, 3.05) is 13.7 Å². The molecular weight excluding hydrogens is 176 g/mol. The Labute approximate surface area is 84.1 Å². The van der Waals surface area contributed by atoms with Crippen molar-refractivity contribution in [2.24, 2.45) is 0 Å².